The predicted octanol–water partition coefficient (Wildman–Crippen LogP) is 1.06. The van der Waals surface area contributed by atoms with Gasteiger partial charge in [0, 0.05) is 12.1 Å². The third-order valence-electron chi connectivity index (χ3n) is 2.93. The van der Waals surface area contributed by atoms with Crippen molar-refractivity contribution in [2.24, 2.45) is 11.7 Å². The lowest BCUT2D eigenvalue weighted by molar-refractivity contribution is 0.197. The van der Waals surface area contributed by atoms with Crippen molar-refractivity contribution in [3.8, 4) is 0 Å². The van der Waals surface area contributed by atoms with Gasteiger partial charge in [-0.1, -0.05) is 0 Å². The van der Waals surface area contributed by atoms with Crippen molar-refractivity contribution in [3.05, 3.63) is 0 Å². The first-order valence-electron chi connectivity index (χ1n) is 4.62. The summed E-state index contributed by atoms with van der Waals surface area (Å²) in [6.45, 7) is 8.90. The molecule has 1 saturated heterocycles. The van der Waals surface area contributed by atoms with E-state index in [0.717, 1.165) is 12.5 Å². The van der Waals surface area contributed by atoms with Gasteiger partial charge < -0.3 is 5.73 Å². The van der Waals surface area contributed by atoms with Gasteiger partial charge in [0.2, 0.25) is 0 Å². The van der Waals surface area contributed by atoms with Crippen LogP contribution in [0.4, 0.5) is 0 Å². The van der Waals surface area contributed by atoms with Crippen LogP contribution in [0.5, 0.6) is 0 Å². The molecule has 1 fully saturated rings. The molecule has 1 aliphatic heterocycles. The Morgan fingerprint density at radius 1 is 1.55 bits per heavy atom. The highest BCUT2D eigenvalue weighted by Gasteiger charge is 2.30. The zero-order valence-corrected chi connectivity index (χ0v) is 7.88. The van der Waals surface area contributed by atoms with E-state index in [0.29, 0.717) is 12.1 Å². The summed E-state index contributed by atoms with van der Waals surface area (Å²) >= 11 is 0. The predicted molar refractivity (Wildman–Crippen MR) is 48.5 cm³/mol. The maximum atomic E-state index is 5.66. The summed E-state index contributed by atoms with van der Waals surface area (Å²) in [7, 11) is 0. The van der Waals surface area contributed by atoms with Crippen LogP contribution in [0.25, 0.3) is 0 Å². The van der Waals surface area contributed by atoms with E-state index in [1.165, 1.54) is 13.0 Å². The second kappa shape index (κ2) is 3.55. The lowest BCUT2D eigenvalue weighted by Gasteiger charge is -2.27. The Kier molecular flexibility index (Phi) is 2.90. The summed E-state index contributed by atoms with van der Waals surface area (Å²) in [4.78, 5) is 2.54. The van der Waals surface area contributed by atoms with E-state index in [-0.39, 0.29) is 0 Å². The molecule has 0 aliphatic carbocycles. The lowest BCUT2D eigenvalue weighted by atomic mass is 10.0. The van der Waals surface area contributed by atoms with Gasteiger partial charge in [0.05, 0.1) is 0 Å². The molecule has 1 aliphatic rings. The summed E-state index contributed by atoms with van der Waals surface area (Å²) < 4.78 is 0. The summed E-state index contributed by atoms with van der Waals surface area (Å²) in [5, 5.41) is 0. The smallest absolute Gasteiger partial charge is 0.0110 e. The summed E-state index contributed by atoms with van der Waals surface area (Å²) in [5.41, 5.74) is 5.66. The van der Waals surface area contributed by atoms with Gasteiger partial charge in [0.25, 0.3) is 0 Å². The van der Waals surface area contributed by atoms with Gasteiger partial charge in [-0.2, -0.15) is 0 Å². The molecule has 0 aromatic rings. The first kappa shape index (κ1) is 9.01. The molecule has 0 bridgehead atoms. The molecule has 1 heterocycles. The Morgan fingerprint density at radius 3 is 2.45 bits per heavy atom. The number of rotatable bonds is 2. The van der Waals surface area contributed by atoms with Gasteiger partial charge in [0.1, 0.15) is 0 Å². The molecule has 2 heteroatoms. The Bertz CT molecular complexity index is 123. The van der Waals surface area contributed by atoms with Crippen LogP contribution in [0.3, 0.4) is 0 Å². The second-order valence-corrected chi connectivity index (χ2v) is 3.86. The summed E-state index contributed by atoms with van der Waals surface area (Å²) in [5.74, 6) is 0.734. The quantitative estimate of drug-likeness (QED) is 0.648. The summed E-state index contributed by atoms with van der Waals surface area (Å²) in [6.07, 6.45) is 1.29. The minimum atomic E-state index is 0.682. The van der Waals surface area contributed by atoms with Gasteiger partial charge in [-0.3, -0.25) is 4.90 Å². The minimum absolute atomic E-state index is 0.682. The minimum Gasteiger partial charge on any atom is -0.330 e. The van der Waals surface area contributed by atoms with Crippen LogP contribution in [-0.4, -0.2) is 30.1 Å². The fraction of sp³-hybridized carbons (Fsp3) is 1.00. The number of nitrogens with two attached hydrogens (primary N) is 1. The number of likely N-dealkylation sites (tertiary alicyclic amines) is 1. The number of hydrogen-bond donors (Lipinski definition) is 1. The molecule has 0 aromatic heterocycles. The highest BCUT2D eigenvalue weighted by atomic mass is 15.2. The highest BCUT2D eigenvalue weighted by Crippen LogP contribution is 2.24. The Morgan fingerprint density at radius 2 is 2.18 bits per heavy atom. The van der Waals surface area contributed by atoms with Crippen molar-refractivity contribution < 1.29 is 0 Å². The Balaban J connectivity index is 2.48. The van der Waals surface area contributed by atoms with Crippen LogP contribution in [0.15, 0.2) is 0 Å². The molecule has 0 spiro atoms. The monoisotopic (exact) mass is 156 g/mol. The van der Waals surface area contributed by atoms with E-state index in [9.17, 15) is 0 Å². The maximum Gasteiger partial charge on any atom is 0.0110 e. The molecular formula is C9H20N2. The van der Waals surface area contributed by atoms with Gasteiger partial charge in [-0.05, 0) is 46.2 Å². The molecule has 2 N–H and O–H groups in total. The molecule has 0 amide bonds. The summed E-state index contributed by atoms with van der Waals surface area (Å²) in [6, 6.07) is 1.38. The average molecular weight is 156 g/mol. The first-order chi connectivity index (χ1) is 5.16. The van der Waals surface area contributed by atoms with Crippen molar-refractivity contribution >= 4 is 0 Å². The molecule has 0 aromatic carbocycles. The van der Waals surface area contributed by atoms with Crippen LogP contribution >= 0.6 is 0 Å². The molecule has 2 atom stereocenters. The van der Waals surface area contributed by atoms with Gasteiger partial charge in [0.15, 0.2) is 0 Å². The van der Waals surface area contributed by atoms with Crippen LogP contribution in [0.1, 0.15) is 27.2 Å². The maximum absolute atomic E-state index is 5.66. The zero-order chi connectivity index (χ0) is 8.43. The van der Waals surface area contributed by atoms with E-state index in [1.807, 2.05) is 0 Å². The molecule has 11 heavy (non-hydrogen) atoms. The fourth-order valence-electron chi connectivity index (χ4n) is 2.07. The normalized spacial score (nSPS) is 33.5. The standard InChI is InChI=1S/C9H20N2/c1-7(2)11-5-4-9(6-10)8(11)3/h7-9H,4-6,10H2,1-3H3. The zero-order valence-electron chi connectivity index (χ0n) is 7.88. The van der Waals surface area contributed by atoms with E-state index in [1.54, 1.807) is 0 Å². The van der Waals surface area contributed by atoms with Crippen molar-refractivity contribution in [2.75, 3.05) is 13.1 Å². The van der Waals surface area contributed by atoms with Crippen LogP contribution in [-0.2, 0) is 0 Å². The molecule has 1 rings (SSSR count). The van der Waals surface area contributed by atoms with Crippen molar-refractivity contribution in [2.45, 2.75) is 39.3 Å². The first-order valence-corrected chi connectivity index (χ1v) is 4.62. The third-order valence-corrected chi connectivity index (χ3v) is 2.93. The molecule has 66 valence electrons. The van der Waals surface area contributed by atoms with Crippen LogP contribution < -0.4 is 5.73 Å². The van der Waals surface area contributed by atoms with E-state index in [2.05, 4.69) is 25.7 Å². The average Bonchev–Trinajstić information content (AvgIpc) is 2.30. The molecule has 2 unspecified atom stereocenters. The molecule has 0 radical (unpaired) electrons. The van der Waals surface area contributed by atoms with Gasteiger partial charge in [-0.25, -0.2) is 0 Å². The second-order valence-electron chi connectivity index (χ2n) is 3.86. The SMILES string of the molecule is CC(C)N1CCC(CN)C1C. The molecule has 2 nitrogen and oxygen atoms in total. The molecule has 0 saturated carbocycles. The van der Waals surface area contributed by atoms with Crippen molar-refractivity contribution in [1.29, 1.82) is 0 Å². The Labute approximate surface area is 69.8 Å². The number of nitrogens with zero attached hydrogens (tertiary/aromatic N) is 1. The van der Waals surface area contributed by atoms with Crippen molar-refractivity contribution in [1.82, 2.24) is 4.90 Å². The molecular weight excluding hydrogens is 136 g/mol. The van der Waals surface area contributed by atoms with Crippen LogP contribution in [0.2, 0.25) is 0 Å². The fourth-order valence-corrected chi connectivity index (χ4v) is 2.07. The topological polar surface area (TPSA) is 29.3 Å². The number of hydrogen-bond acceptors (Lipinski definition) is 2. The lowest BCUT2D eigenvalue weighted by Crippen LogP contribution is -2.37. The third kappa shape index (κ3) is 1.74. The van der Waals surface area contributed by atoms with E-state index >= 15 is 0 Å². The van der Waals surface area contributed by atoms with E-state index < -0.39 is 0 Å². The van der Waals surface area contributed by atoms with Crippen LogP contribution in [0, 0.1) is 5.92 Å². The van der Waals surface area contributed by atoms with Crippen molar-refractivity contribution in [3.63, 3.8) is 0 Å². The van der Waals surface area contributed by atoms with Gasteiger partial charge in [-0.15, -0.1) is 0 Å². The highest BCUT2D eigenvalue weighted by molar-refractivity contribution is 4.85. The van der Waals surface area contributed by atoms with E-state index in [4.69, 9.17) is 5.73 Å². The van der Waals surface area contributed by atoms with Gasteiger partial charge >= 0.3 is 0 Å². The largest absolute Gasteiger partial charge is 0.330 e. The Hall–Kier alpha value is -0.0800.